The van der Waals surface area contributed by atoms with Crippen molar-refractivity contribution >= 4 is 0 Å². The highest BCUT2D eigenvalue weighted by molar-refractivity contribution is 5.31. The van der Waals surface area contributed by atoms with E-state index in [0.717, 1.165) is 24.4 Å². The van der Waals surface area contributed by atoms with Crippen LogP contribution in [0.5, 0.6) is 5.75 Å². The normalized spacial score (nSPS) is 32.5. The molecule has 0 spiro atoms. The van der Waals surface area contributed by atoms with Crippen LogP contribution in [0.1, 0.15) is 39.2 Å². The van der Waals surface area contributed by atoms with E-state index >= 15 is 0 Å². The molecule has 1 heterocycles. The lowest BCUT2D eigenvalue weighted by Gasteiger charge is -2.50. The van der Waals surface area contributed by atoms with E-state index in [1.165, 1.54) is 25.9 Å². The van der Waals surface area contributed by atoms with Crippen LogP contribution in [-0.2, 0) is 6.42 Å². The molecule has 1 aromatic rings. The second-order valence-electron chi connectivity index (χ2n) is 7.63. The summed E-state index contributed by atoms with van der Waals surface area (Å²) in [6, 6.07) is 7.74. The summed E-state index contributed by atoms with van der Waals surface area (Å²) in [4.78, 5) is 2.62. The molecule has 2 atom stereocenters. The van der Waals surface area contributed by atoms with Gasteiger partial charge in [-0.25, -0.2) is 0 Å². The average molecular weight is 273 g/mol. The Bertz CT molecular complexity index is 496. The molecule has 20 heavy (non-hydrogen) atoms. The maximum absolute atomic E-state index is 9.87. The Morgan fingerprint density at radius 1 is 1.25 bits per heavy atom. The molecule has 2 nitrogen and oxygen atoms in total. The van der Waals surface area contributed by atoms with E-state index in [0.29, 0.717) is 16.6 Å². The molecular formula is C18H27NO. The summed E-state index contributed by atoms with van der Waals surface area (Å²) < 4.78 is 0. The molecule has 0 amide bonds. The number of phenols is 1. The fourth-order valence-electron chi connectivity index (χ4n) is 4.31. The number of hydrogen-bond donors (Lipinski definition) is 1. The van der Waals surface area contributed by atoms with Crippen LogP contribution in [0.25, 0.3) is 0 Å². The van der Waals surface area contributed by atoms with Gasteiger partial charge >= 0.3 is 0 Å². The third-order valence-electron chi connectivity index (χ3n) is 6.36. The first-order valence-corrected chi connectivity index (χ1v) is 7.92. The Balaban J connectivity index is 1.65. The van der Waals surface area contributed by atoms with E-state index in [1.807, 2.05) is 18.2 Å². The number of likely N-dealkylation sites (tertiary alicyclic amines) is 1. The average Bonchev–Trinajstić information content (AvgIpc) is 2.55. The van der Waals surface area contributed by atoms with Crippen LogP contribution in [0.3, 0.4) is 0 Å². The summed E-state index contributed by atoms with van der Waals surface area (Å²) in [5.74, 6) is 1.28. The molecule has 1 aliphatic heterocycles. The molecule has 1 saturated heterocycles. The van der Waals surface area contributed by atoms with Gasteiger partial charge in [0.05, 0.1) is 0 Å². The quantitative estimate of drug-likeness (QED) is 0.908. The van der Waals surface area contributed by atoms with Crippen LogP contribution in [-0.4, -0.2) is 29.6 Å². The van der Waals surface area contributed by atoms with Gasteiger partial charge in [-0.05, 0) is 47.6 Å². The summed E-state index contributed by atoms with van der Waals surface area (Å²) in [5.41, 5.74) is 2.03. The van der Waals surface area contributed by atoms with Crippen molar-refractivity contribution in [2.45, 2.75) is 40.0 Å². The van der Waals surface area contributed by atoms with E-state index < -0.39 is 0 Å². The smallest absolute Gasteiger partial charge is 0.118 e. The van der Waals surface area contributed by atoms with Crippen molar-refractivity contribution in [2.24, 2.45) is 16.7 Å². The summed E-state index contributed by atoms with van der Waals surface area (Å²) in [5, 5.41) is 9.87. The third kappa shape index (κ3) is 2.14. The molecule has 1 saturated carbocycles. The van der Waals surface area contributed by atoms with E-state index in [4.69, 9.17) is 0 Å². The molecule has 2 aliphatic rings. The molecule has 3 rings (SSSR count). The molecule has 1 unspecified atom stereocenters. The minimum absolute atomic E-state index is 0.444. The molecule has 2 bridgehead atoms. The van der Waals surface area contributed by atoms with Gasteiger partial charge in [0.25, 0.3) is 0 Å². The number of aromatic hydroxyl groups is 1. The van der Waals surface area contributed by atoms with Crippen LogP contribution < -0.4 is 0 Å². The number of benzene rings is 1. The number of rotatable bonds is 3. The Morgan fingerprint density at radius 2 is 2.00 bits per heavy atom. The Hall–Kier alpha value is -1.02. The maximum atomic E-state index is 9.87. The number of hydrogen-bond acceptors (Lipinski definition) is 2. The van der Waals surface area contributed by atoms with Gasteiger partial charge in [0.15, 0.2) is 0 Å². The number of piperidine rings is 1. The zero-order valence-electron chi connectivity index (χ0n) is 13.0. The lowest BCUT2D eigenvalue weighted by atomic mass is 9.63. The van der Waals surface area contributed by atoms with Crippen molar-refractivity contribution in [2.75, 3.05) is 19.6 Å². The number of fused-ring (bicyclic) bond motifs is 2. The molecule has 1 aliphatic carbocycles. The Kier molecular flexibility index (Phi) is 3.32. The molecular weight excluding hydrogens is 246 g/mol. The number of para-hydroxylation sites is 1. The zero-order chi connectivity index (χ0) is 14.4. The highest BCUT2D eigenvalue weighted by Gasteiger charge is 2.55. The van der Waals surface area contributed by atoms with Gasteiger partial charge in [0, 0.05) is 19.6 Å². The second kappa shape index (κ2) is 4.77. The van der Waals surface area contributed by atoms with Crippen LogP contribution in [0, 0.1) is 16.7 Å². The van der Waals surface area contributed by atoms with Crippen molar-refractivity contribution in [3.8, 4) is 5.75 Å². The van der Waals surface area contributed by atoms with Crippen molar-refractivity contribution in [1.29, 1.82) is 0 Å². The van der Waals surface area contributed by atoms with E-state index in [-0.39, 0.29) is 0 Å². The third-order valence-corrected chi connectivity index (χ3v) is 6.36. The molecule has 1 aromatic carbocycles. The fourth-order valence-corrected chi connectivity index (χ4v) is 4.31. The standard InChI is InChI=1S/C18H27NO/c1-17(2)15-8-10-18(17,3)13-19(12-15)11-9-14-6-4-5-7-16(14)20/h4-7,15,20H,8-13H2,1-3H3/t15?,18-/m1/s1. The monoisotopic (exact) mass is 273 g/mol. The summed E-state index contributed by atoms with van der Waals surface area (Å²) in [7, 11) is 0. The Morgan fingerprint density at radius 3 is 2.70 bits per heavy atom. The highest BCUT2D eigenvalue weighted by Crippen LogP contribution is 2.58. The largest absolute Gasteiger partial charge is 0.508 e. The first kappa shape index (κ1) is 13.9. The van der Waals surface area contributed by atoms with Crippen LogP contribution in [0.2, 0.25) is 0 Å². The second-order valence-corrected chi connectivity index (χ2v) is 7.63. The minimum atomic E-state index is 0.444. The van der Waals surface area contributed by atoms with E-state index in [1.54, 1.807) is 6.07 Å². The summed E-state index contributed by atoms with van der Waals surface area (Å²) >= 11 is 0. The lowest BCUT2D eigenvalue weighted by Crippen LogP contribution is -2.52. The SMILES string of the molecule is CC1(C)C2CC[C@]1(C)CN(CCc1ccccc1O)C2. The zero-order valence-corrected chi connectivity index (χ0v) is 13.0. The van der Waals surface area contributed by atoms with Crippen molar-refractivity contribution < 1.29 is 5.11 Å². The predicted octanol–water partition coefficient (Wildman–Crippen LogP) is 3.69. The minimum Gasteiger partial charge on any atom is -0.508 e. The first-order chi connectivity index (χ1) is 9.42. The lowest BCUT2D eigenvalue weighted by molar-refractivity contribution is -0.0170. The van der Waals surface area contributed by atoms with Gasteiger partial charge in [-0.1, -0.05) is 39.0 Å². The molecule has 2 heteroatoms. The fraction of sp³-hybridized carbons (Fsp3) is 0.667. The van der Waals surface area contributed by atoms with Gasteiger partial charge in [-0.3, -0.25) is 0 Å². The molecule has 0 aromatic heterocycles. The summed E-state index contributed by atoms with van der Waals surface area (Å²) in [6.45, 7) is 10.9. The van der Waals surface area contributed by atoms with E-state index in [2.05, 4.69) is 25.7 Å². The molecule has 110 valence electrons. The van der Waals surface area contributed by atoms with Crippen molar-refractivity contribution in [3.05, 3.63) is 29.8 Å². The molecule has 1 N–H and O–H groups in total. The van der Waals surface area contributed by atoms with Crippen molar-refractivity contribution in [3.63, 3.8) is 0 Å². The Labute approximate surface area is 122 Å². The topological polar surface area (TPSA) is 23.5 Å². The van der Waals surface area contributed by atoms with Crippen molar-refractivity contribution in [1.82, 2.24) is 4.90 Å². The molecule has 2 fully saturated rings. The van der Waals surface area contributed by atoms with Crippen LogP contribution in [0.15, 0.2) is 24.3 Å². The van der Waals surface area contributed by atoms with Gasteiger partial charge in [0.1, 0.15) is 5.75 Å². The van der Waals surface area contributed by atoms with Crippen LogP contribution in [0.4, 0.5) is 0 Å². The van der Waals surface area contributed by atoms with E-state index in [9.17, 15) is 5.11 Å². The van der Waals surface area contributed by atoms with Crippen LogP contribution >= 0.6 is 0 Å². The van der Waals surface area contributed by atoms with Gasteiger partial charge in [-0.2, -0.15) is 0 Å². The number of phenolic OH excluding ortho intramolecular Hbond substituents is 1. The highest BCUT2D eigenvalue weighted by atomic mass is 16.3. The maximum Gasteiger partial charge on any atom is 0.118 e. The van der Waals surface area contributed by atoms with Gasteiger partial charge < -0.3 is 10.0 Å². The predicted molar refractivity (Wildman–Crippen MR) is 82.9 cm³/mol. The molecule has 0 radical (unpaired) electrons. The first-order valence-electron chi connectivity index (χ1n) is 7.92. The summed E-state index contributed by atoms with van der Waals surface area (Å²) in [6.07, 6.45) is 3.71. The van der Waals surface area contributed by atoms with Gasteiger partial charge in [0.2, 0.25) is 0 Å². The van der Waals surface area contributed by atoms with Gasteiger partial charge in [-0.15, -0.1) is 0 Å². The number of nitrogens with zero attached hydrogens (tertiary/aromatic N) is 1.